The monoisotopic (exact) mass is 579 g/mol. The first kappa shape index (κ1) is 34.8. The number of nitrogen functional groups attached to an aromatic ring is 1. The van der Waals surface area contributed by atoms with Crippen LogP contribution in [-0.4, -0.2) is 53.8 Å². The highest BCUT2D eigenvalue weighted by molar-refractivity contribution is 5.97. The molecular weight excluding hydrogens is 526 g/mol. The third kappa shape index (κ3) is 11.1. The van der Waals surface area contributed by atoms with Crippen LogP contribution < -0.4 is 16.0 Å². The second-order valence-electron chi connectivity index (χ2n) is 13.0. The van der Waals surface area contributed by atoms with Crippen molar-refractivity contribution in [3.63, 3.8) is 0 Å². The molecule has 2 atom stereocenters. The number of nitrogens with two attached hydrogens (primary N) is 1. The number of carbonyl (C=O) groups is 3. The third-order valence-corrected chi connectivity index (χ3v) is 7.65. The van der Waals surface area contributed by atoms with Gasteiger partial charge in [-0.2, -0.15) is 0 Å². The number of pyridine rings is 1. The molecule has 1 aromatic carbocycles. The van der Waals surface area contributed by atoms with E-state index in [2.05, 4.69) is 44.9 Å². The molecule has 1 aliphatic carbocycles. The Labute approximate surface area is 253 Å². The van der Waals surface area contributed by atoms with Crippen molar-refractivity contribution >= 4 is 29.2 Å². The Morgan fingerprint density at radius 2 is 1.79 bits per heavy atom. The van der Waals surface area contributed by atoms with Gasteiger partial charge in [-0.05, 0) is 85.8 Å². The van der Waals surface area contributed by atoms with Gasteiger partial charge in [-0.25, -0.2) is 4.98 Å². The maximum atomic E-state index is 12.5. The summed E-state index contributed by atoms with van der Waals surface area (Å²) in [6.07, 6.45) is 5.93. The molecule has 2 aromatic rings. The van der Waals surface area contributed by atoms with Gasteiger partial charge in [0, 0.05) is 57.0 Å². The molecule has 2 aliphatic rings. The summed E-state index contributed by atoms with van der Waals surface area (Å²) in [6, 6.07) is 11.5. The first-order chi connectivity index (χ1) is 19.6. The normalized spacial score (nSPS) is 17.5. The van der Waals surface area contributed by atoms with Crippen LogP contribution in [0, 0.1) is 24.2 Å². The highest BCUT2D eigenvalue weighted by Gasteiger charge is 2.43. The molecule has 1 unspecified atom stereocenters. The van der Waals surface area contributed by atoms with Crippen molar-refractivity contribution in [2.24, 2.45) is 17.3 Å². The summed E-state index contributed by atoms with van der Waals surface area (Å²) in [6.45, 7) is 17.2. The van der Waals surface area contributed by atoms with E-state index in [-0.39, 0.29) is 23.8 Å². The Balaban J connectivity index is 0.000000335. The minimum Gasteiger partial charge on any atom is -0.384 e. The smallest absolute Gasteiger partial charge is 0.251 e. The number of likely N-dealkylation sites (N-methyl/N-ethyl adjacent to an activating group) is 1. The first-order valence-electron chi connectivity index (χ1n) is 15.3. The summed E-state index contributed by atoms with van der Waals surface area (Å²) in [5.74, 6) is 1.48. The number of rotatable bonds is 6. The van der Waals surface area contributed by atoms with Crippen molar-refractivity contribution in [3.05, 3.63) is 53.2 Å². The number of nitrogens with zero attached hydrogens (tertiary/aromatic N) is 3. The van der Waals surface area contributed by atoms with Crippen LogP contribution in [0.15, 0.2) is 36.4 Å². The summed E-state index contributed by atoms with van der Waals surface area (Å²) in [5, 5.41) is 2.86. The molecule has 232 valence electrons. The molecule has 1 aromatic heterocycles. The van der Waals surface area contributed by atoms with E-state index in [0.717, 1.165) is 23.4 Å². The lowest BCUT2D eigenvalue weighted by Gasteiger charge is -2.41. The van der Waals surface area contributed by atoms with Gasteiger partial charge in [0.2, 0.25) is 11.8 Å². The second kappa shape index (κ2) is 15.7. The minimum absolute atomic E-state index is 0.0263. The molecule has 0 bridgehead atoms. The van der Waals surface area contributed by atoms with Gasteiger partial charge in [-0.15, -0.1) is 0 Å². The van der Waals surface area contributed by atoms with Gasteiger partial charge in [-0.3, -0.25) is 14.4 Å². The van der Waals surface area contributed by atoms with E-state index in [4.69, 9.17) is 5.73 Å². The fourth-order valence-electron chi connectivity index (χ4n) is 5.41. The fraction of sp³-hybridized carbons (Fsp3) is 0.588. The number of anilines is 2. The molecule has 0 saturated heterocycles. The van der Waals surface area contributed by atoms with Crippen molar-refractivity contribution < 1.29 is 14.4 Å². The van der Waals surface area contributed by atoms with Gasteiger partial charge in [0.25, 0.3) is 5.91 Å². The number of nitrogens with one attached hydrogen (secondary N) is 1. The lowest BCUT2D eigenvalue weighted by atomic mass is 9.83. The fourth-order valence-corrected chi connectivity index (χ4v) is 5.41. The Kier molecular flexibility index (Phi) is 13.0. The molecule has 8 heteroatoms. The number of fused-ring (bicyclic) bond motifs is 1. The Hall–Kier alpha value is -3.42. The Morgan fingerprint density at radius 1 is 1.12 bits per heavy atom. The summed E-state index contributed by atoms with van der Waals surface area (Å²) < 4.78 is 0. The summed E-state index contributed by atoms with van der Waals surface area (Å²) in [5.41, 5.74) is 9.47. The zero-order valence-corrected chi connectivity index (χ0v) is 27.3. The summed E-state index contributed by atoms with van der Waals surface area (Å²) in [7, 11) is 1.71. The van der Waals surface area contributed by atoms with Gasteiger partial charge >= 0.3 is 0 Å². The SMILES string of the molecule is CC(=O)N(C)CCNC(=O)c1ccc2c(c1)CC(C)[C@H](C1CC1)N2C(C)=O.CCCC(C)(C)C.Cc1cccc(N)n1. The molecule has 3 amide bonds. The standard InChI is InChI=1S/C21H29N3O3.C7H16.C6H8N2/c1-13-11-18-12-17(21(27)22-9-10-23(4)14(2)25)7-8-19(18)24(15(3)26)20(13)16-5-6-16;1-5-6-7(2,3)4;1-5-3-2-4-6(7)8-5/h7-8,12-13,16,20H,5-6,9-11H2,1-4H3,(H,22,27);5-6H2,1-4H3;2-4H,1H3,(H2,7,8)/t13?,20-;;/m1../s1. The van der Waals surface area contributed by atoms with Gasteiger partial charge in [0.05, 0.1) is 0 Å². The van der Waals surface area contributed by atoms with Crippen LogP contribution in [0.25, 0.3) is 0 Å². The lowest BCUT2D eigenvalue weighted by Crippen LogP contribution is -2.48. The van der Waals surface area contributed by atoms with Crippen LogP contribution in [0.4, 0.5) is 11.5 Å². The van der Waals surface area contributed by atoms with Crippen LogP contribution in [0.2, 0.25) is 0 Å². The topological polar surface area (TPSA) is 109 Å². The van der Waals surface area contributed by atoms with Crippen molar-refractivity contribution in [1.82, 2.24) is 15.2 Å². The van der Waals surface area contributed by atoms with Gasteiger partial charge in [0.15, 0.2) is 0 Å². The van der Waals surface area contributed by atoms with Crippen LogP contribution in [0.5, 0.6) is 0 Å². The lowest BCUT2D eigenvalue weighted by molar-refractivity contribution is -0.127. The van der Waals surface area contributed by atoms with E-state index in [1.165, 1.54) is 32.6 Å². The number of aromatic nitrogens is 1. The van der Waals surface area contributed by atoms with E-state index in [1.807, 2.05) is 36.1 Å². The Bertz CT molecular complexity index is 1180. The minimum atomic E-state index is -0.152. The molecule has 0 radical (unpaired) electrons. The van der Waals surface area contributed by atoms with Crippen LogP contribution in [0.1, 0.15) is 95.8 Å². The number of benzene rings is 1. The van der Waals surface area contributed by atoms with Gasteiger partial charge in [-0.1, -0.05) is 47.1 Å². The predicted octanol–water partition coefficient (Wildman–Crippen LogP) is 6.02. The molecule has 8 nitrogen and oxygen atoms in total. The largest absolute Gasteiger partial charge is 0.384 e. The van der Waals surface area contributed by atoms with E-state index >= 15 is 0 Å². The number of amides is 3. The van der Waals surface area contributed by atoms with Crippen LogP contribution in [-0.2, 0) is 16.0 Å². The van der Waals surface area contributed by atoms with E-state index < -0.39 is 0 Å². The van der Waals surface area contributed by atoms with E-state index in [0.29, 0.717) is 41.7 Å². The van der Waals surface area contributed by atoms with E-state index in [1.54, 1.807) is 31.0 Å². The maximum Gasteiger partial charge on any atom is 0.251 e. The molecule has 42 heavy (non-hydrogen) atoms. The number of carbonyl (C=O) groups excluding carboxylic acids is 3. The number of hydrogen-bond acceptors (Lipinski definition) is 5. The summed E-state index contributed by atoms with van der Waals surface area (Å²) in [4.78, 5) is 43.5. The van der Waals surface area contributed by atoms with Gasteiger partial charge < -0.3 is 20.9 Å². The molecule has 1 aliphatic heterocycles. The average molecular weight is 580 g/mol. The molecule has 2 heterocycles. The zero-order chi connectivity index (χ0) is 31.6. The zero-order valence-electron chi connectivity index (χ0n) is 27.3. The van der Waals surface area contributed by atoms with Gasteiger partial charge in [0.1, 0.15) is 5.82 Å². The molecule has 4 rings (SSSR count). The third-order valence-electron chi connectivity index (χ3n) is 7.65. The second-order valence-corrected chi connectivity index (χ2v) is 13.0. The molecule has 1 fully saturated rings. The number of aryl methyl sites for hydroxylation is 1. The van der Waals surface area contributed by atoms with Crippen LogP contribution in [0.3, 0.4) is 0 Å². The van der Waals surface area contributed by atoms with Crippen molar-refractivity contribution in [1.29, 1.82) is 0 Å². The van der Waals surface area contributed by atoms with Crippen molar-refractivity contribution in [3.8, 4) is 0 Å². The molecule has 3 N–H and O–H groups in total. The average Bonchev–Trinajstić information content (AvgIpc) is 3.72. The maximum absolute atomic E-state index is 12.5. The molecule has 0 spiro atoms. The highest BCUT2D eigenvalue weighted by Crippen LogP contribution is 2.45. The first-order valence-corrected chi connectivity index (χ1v) is 15.3. The Morgan fingerprint density at radius 3 is 2.24 bits per heavy atom. The van der Waals surface area contributed by atoms with Crippen molar-refractivity contribution in [2.75, 3.05) is 30.8 Å². The molecular formula is C34H53N5O3. The van der Waals surface area contributed by atoms with Crippen molar-refractivity contribution in [2.45, 2.75) is 93.5 Å². The molecule has 1 saturated carbocycles. The summed E-state index contributed by atoms with van der Waals surface area (Å²) >= 11 is 0. The number of hydrogen-bond donors (Lipinski definition) is 2. The van der Waals surface area contributed by atoms with E-state index in [9.17, 15) is 14.4 Å². The van der Waals surface area contributed by atoms with Crippen LogP contribution >= 0.6 is 0 Å². The quantitative estimate of drug-likeness (QED) is 0.435. The predicted molar refractivity (Wildman–Crippen MR) is 172 cm³/mol. The highest BCUT2D eigenvalue weighted by atomic mass is 16.2.